The number of nitrogens with zero attached hydrogens (tertiary/aromatic N) is 5. The van der Waals surface area contributed by atoms with Gasteiger partial charge in [0.1, 0.15) is 11.6 Å². The van der Waals surface area contributed by atoms with E-state index in [-0.39, 0.29) is 24.9 Å². The number of anilines is 4. The van der Waals surface area contributed by atoms with Crippen LogP contribution in [0.4, 0.5) is 49.6 Å². The summed E-state index contributed by atoms with van der Waals surface area (Å²) in [5.74, 6) is 0.819. The van der Waals surface area contributed by atoms with E-state index < -0.39 is 23.5 Å². The molecule has 6 nitrogen and oxygen atoms in total. The number of halogens is 6. The number of pyridine rings is 1. The average Bonchev–Trinajstić information content (AvgIpc) is 3.17. The molecular weight excluding hydrogens is 510 g/mol. The van der Waals surface area contributed by atoms with E-state index in [1.54, 1.807) is 4.90 Å². The van der Waals surface area contributed by atoms with Crippen molar-refractivity contribution in [2.45, 2.75) is 51.0 Å². The van der Waals surface area contributed by atoms with Crippen LogP contribution in [-0.2, 0) is 25.2 Å². The Hall–Kier alpha value is -3.57. The lowest BCUT2D eigenvalue weighted by Gasteiger charge is -2.24. The van der Waals surface area contributed by atoms with Crippen molar-refractivity contribution in [1.82, 2.24) is 15.0 Å². The van der Waals surface area contributed by atoms with Gasteiger partial charge in [0, 0.05) is 49.5 Å². The molecular formula is C26H26F6N6. The van der Waals surface area contributed by atoms with E-state index in [1.165, 1.54) is 24.4 Å². The third-order valence-electron chi connectivity index (χ3n) is 7.01. The lowest BCUT2D eigenvalue weighted by atomic mass is 10.1. The van der Waals surface area contributed by atoms with Crippen LogP contribution in [0.1, 0.15) is 42.1 Å². The van der Waals surface area contributed by atoms with E-state index >= 15 is 0 Å². The summed E-state index contributed by atoms with van der Waals surface area (Å²) in [7, 11) is 0. The number of rotatable bonds is 4. The predicted octanol–water partition coefficient (Wildman–Crippen LogP) is 6.25. The molecule has 1 aromatic carbocycles. The van der Waals surface area contributed by atoms with Gasteiger partial charge in [-0.2, -0.15) is 31.3 Å². The van der Waals surface area contributed by atoms with Crippen LogP contribution in [-0.4, -0.2) is 40.6 Å². The Labute approximate surface area is 215 Å². The number of aromatic nitrogens is 3. The third-order valence-corrected chi connectivity index (χ3v) is 7.01. The summed E-state index contributed by atoms with van der Waals surface area (Å²) < 4.78 is 80.1. The van der Waals surface area contributed by atoms with E-state index in [0.29, 0.717) is 36.0 Å². The summed E-state index contributed by atoms with van der Waals surface area (Å²) >= 11 is 0. The highest BCUT2D eigenvalue weighted by molar-refractivity contribution is 5.63. The molecule has 0 bridgehead atoms. The molecule has 38 heavy (non-hydrogen) atoms. The molecule has 0 aliphatic carbocycles. The van der Waals surface area contributed by atoms with E-state index in [4.69, 9.17) is 9.97 Å². The molecule has 1 fully saturated rings. The molecule has 12 heteroatoms. The largest absolute Gasteiger partial charge is 0.419 e. The van der Waals surface area contributed by atoms with Crippen molar-refractivity contribution in [2.75, 3.05) is 34.8 Å². The number of alkyl halides is 6. The van der Waals surface area contributed by atoms with Gasteiger partial charge in [0.05, 0.1) is 16.8 Å². The van der Waals surface area contributed by atoms with Crippen LogP contribution in [0.25, 0.3) is 0 Å². The minimum atomic E-state index is -4.54. The Morgan fingerprint density at radius 1 is 0.895 bits per heavy atom. The number of benzene rings is 1. The Morgan fingerprint density at radius 3 is 2.29 bits per heavy atom. The molecule has 0 spiro atoms. The van der Waals surface area contributed by atoms with Crippen LogP contribution in [0.2, 0.25) is 0 Å². The van der Waals surface area contributed by atoms with Gasteiger partial charge in [-0.25, -0.2) is 9.97 Å². The lowest BCUT2D eigenvalue weighted by molar-refractivity contribution is -0.138. The zero-order valence-corrected chi connectivity index (χ0v) is 20.6. The molecule has 0 saturated carbocycles. The van der Waals surface area contributed by atoms with Crippen LogP contribution in [0.15, 0.2) is 42.6 Å². The van der Waals surface area contributed by atoms with Gasteiger partial charge in [-0.15, -0.1) is 0 Å². The van der Waals surface area contributed by atoms with Crippen molar-refractivity contribution in [3.05, 3.63) is 65.0 Å². The number of hydrogen-bond acceptors (Lipinski definition) is 6. The Kier molecular flexibility index (Phi) is 6.83. The van der Waals surface area contributed by atoms with Gasteiger partial charge in [-0.1, -0.05) is 0 Å². The summed E-state index contributed by atoms with van der Waals surface area (Å²) in [5, 5.41) is 3.15. The van der Waals surface area contributed by atoms with Crippen molar-refractivity contribution < 1.29 is 26.3 Å². The van der Waals surface area contributed by atoms with E-state index in [0.717, 1.165) is 43.1 Å². The Balaban J connectivity index is 1.49. The molecule has 1 unspecified atom stereocenters. The number of nitrogens with one attached hydrogen (secondary N) is 1. The molecule has 0 radical (unpaired) electrons. The zero-order chi connectivity index (χ0) is 27.1. The summed E-state index contributed by atoms with van der Waals surface area (Å²) in [5.41, 5.74) is 0.293. The van der Waals surface area contributed by atoms with Crippen LogP contribution in [0, 0.1) is 0 Å². The van der Waals surface area contributed by atoms with Crippen LogP contribution in [0.5, 0.6) is 0 Å². The molecule has 3 aromatic rings. The molecule has 4 heterocycles. The maximum absolute atomic E-state index is 13.7. The quantitative estimate of drug-likeness (QED) is 0.398. The monoisotopic (exact) mass is 536 g/mol. The molecule has 1 saturated heterocycles. The first-order valence-corrected chi connectivity index (χ1v) is 12.4. The highest BCUT2D eigenvalue weighted by atomic mass is 19.4. The van der Waals surface area contributed by atoms with Gasteiger partial charge in [-0.3, -0.25) is 0 Å². The lowest BCUT2D eigenvalue weighted by Crippen LogP contribution is -2.29. The zero-order valence-electron chi connectivity index (χ0n) is 20.6. The molecule has 1 atom stereocenters. The normalized spacial score (nSPS) is 18.3. The first kappa shape index (κ1) is 26.1. The molecule has 2 aliphatic heterocycles. The summed E-state index contributed by atoms with van der Waals surface area (Å²) in [6.45, 7) is 3.37. The molecule has 202 valence electrons. The first-order chi connectivity index (χ1) is 18.0. The molecule has 0 amide bonds. The second-order valence-corrected chi connectivity index (χ2v) is 9.54. The summed E-state index contributed by atoms with van der Waals surface area (Å²) in [6.07, 6.45) is -4.99. The number of fused-ring (bicyclic) bond motifs is 1. The van der Waals surface area contributed by atoms with Crippen LogP contribution in [0.3, 0.4) is 0 Å². The Morgan fingerprint density at radius 2 is 1.63 bits per heavy atom. The topological polar surface area (TPSA) is 57.2 Å². The summed E-state index contributed by atoms with van der Waals surface area (Å²) in [6, 6.07) is 7.16. The fraction of sp³-hybridized carbons (Fsp3) is 0.423. The number of hydrogen-bond donors (Lipinski definition) is 1. The van der Waals surface area contributed by atoms with Gasteiger partial charge < -0.3 is 15.1 Å². The van der Waals surface area contributed by atoms with Crippen molar-refractivity contribution >= 4 is 23.3 Å². The maximum atomic E-state index is 13.7. The van der Waals surface area contributed by atoms with Gasteiger partial charge >= 0.3 is 12.4 Å². The molecule has 5 rings (SSSR count). The van der Waals surface area contributed by atoms with Gasteiger partial charge in [0.15, 0.2) is 0 Å². The highest BCUT2D eigenvalue weighted by Crippen LogP contribution is 2.37. The fourth-order valence-electron chi connectivity index (χ4n) is 5.01. The molecule has 2 aromatic heterocycles. The van der Waals surface area contributed by atoms with Crippen molar-refractivity contribution in [3.63, 3.8) is 0 Å². The predicted molar refractivity (Wildman–Crippen MR) is 132 cm³/mol. The fourth-order valence-corrected chi connectivity index (χ4v) is 5.01. The van der Waals surface area contributed by atoms with Crippen LogP contribution >= 0.6 is 0 Å². The Bertz CT molecular complexity index is 1290. The standard InChI is InChI=1S/C26H26F6N6/c1-16-4-3-13-38(16)24-35-21-11-15-37(23-20(26(30,31)32)5-2-12-33-23)14-10-19(21)22(36-24)34-18-8-6-17(7-9-18)25(27,28)29/h2,5-9,12,16H,3-4,10-11,13-15H2,1H3,(H,34,35,36). The molecule has 2 aliphatic rings. The SMILES string of the molecule is CC1CCCN1c1nc2c(c(Nc3ccc(C(F)(F)F)cc3)n1)CCN(c1ncccc1C(F)(F)F)CC2. The van der Waals surface area contributed by atoms with E-state index in [2.05, 4.69) is 22.1 Å². The minimum absolute atomic E-state index is 0.133. The second-order valence-electron chi connectivity index (χ2n) is 9.54. The van der Waals surface area contributed by atoms with Crippen LogP contribution < -0.4 is 15.1 Å². The van der Waals surface area contributed by atoms with Gasteiger partial charge in [0.2, 0.25) is 5.95 Å². The molecule has 1 N–H and O–H groups in total. The second kappa shape index (κ2) is 9.95. The van der Waals surface area contributed by atoms with Crippen molar-refractivity contribution in [3.8, 4) is 0 Å². The van der Waals surface area contributed by atoms with Gasteiger partial charge in [-0.05, 0) is 62.6 Å². The average molecular weight is 537 g/mol. The maximum Gasteiger partial charge on any atom is 0.419 e. The smallest absolute Gasteiger partial charge is 0.355 e. The third kappa shape index (κ3) is 5.34. The van der Waals surface area contributed by atoms with Gasteiger partial charge in [0.25, 0.3) is 0 Å². The minimum Gasteiger partial charge on any atom is -0.355 e. The van der Waals surface area contributed by atoms with Crippen molar-refractivity contribution in [1.29, 1.82) is 0 Å². The summed E-state index contributed by atoms with van der Waals surface area (Å²) in [4.78, 5) is 17.3. The van der Waals surface area contributed by atoms with E-state index in [9.17, 15) is 26.3 Å². The van der Waals surface area contributed by atoms with Crippen molar-refractivity contribution in [2.24, 2.45) is 0 Å². The van der Waals surface area contributed by atoms with E-state index in [1.807, 2.05) is 0 Å². The first-order valence-electron chi connectivity index (χ1n) is 12.4. The highest BCUT2D eigenvalue weighted by Gasteiger charge is 2.36.